The van der Waals surface area contributed by atoms with Gasteiger partial charge in [0, 0.05) is 0 Å². The fraction of sp³-hybridized carbons (Fsp3) is 0.429. The normalized spacial score (nSPS) is 11.3. The summed E-state index contributed by atoms with van der Waals surface area (Å²) in [6, 6.07) is 5.75. The van der Waals surface area contributed by atoms with Gasteiger partial charge in [0.2, 0.25) is 0 Å². The molecule has 0 aliphatic carbocycles. The van der Waals surface area contributed by atoms with Gasteiger partial charge in [0.15, 0.2) is 0 Å². The van der Waals surface area contributed by atoms with Crippen LogP contribution in [0, 0.1) is 0 Å². The van der Waals surface area contributed by atoms with Crippen molar-refractivity contribution in [1.29, 1.82) is 0 Å². The molecule has 0 heterocycles. The number of hydrogen-bond acceptors (Lipinski definition) is 14. The molecule has 2 rings (SSSR count). The largest absolute Gasteiger partial charge is 2.00 e. The van der Waals surface area contributed by atoms with Crippen LogP contribution in [0.25, 0.3) is 0 Å². The zero-order valence-corrected chi connectivity index (χ0v) is 32.1. The monoisotopic (exact) mass is 796 g/mol. The molecule has 45 heavy (non-hydrogen) atoms. The fourth-order valence-electron chi connectivity index (χ4n) is 3.09. The average molecular weight is 796 g/mol. The maximum Gasteiger partial charge on any atom is 2.00 e. The zero-order chi connectivity index (χ0) is 34.2. The Bertz CT molecular complexity index is 1390. The minimum atomic E-state index is -4.84. The second-order valence-corrected chi connectivity index (χ2v) is 13.0. The summed E-state index contributed by atoms with van der Waals surface area (Å²) in [5.41, 5.74) is -0.828. The van der Waals surface area contributed by atoms with Crippen molar-refractivity contribution in [3.05, 3.63) is 58.7 Å². The molecule has 2 aromatic carbocycles. The van der Waals surface area contributed by atoms with Crippen molar-refractivity contribution in [2.75, 3.05) is 0 Å². The SMILES string of the molecule is CC(C)OC(=O)c1cc(C(=O)OC(C)C)cc(S(=O)(=O)[O-])c1.CC(C)OC(=O)c1cc(C(=O)OC(C)C)cc(S(=O)(=O)[O-])c1.[Ba+2]. The maximum atomic E-state index is 11.9. The zero-order valence-electron chi connectivity index (χ0n) is 26.0. The number of hydrogen-bond donors (Lipinski definition) is 0. The van der Waals surface area contributed by atoms with Gasteiger partial charge in [0.25, 0.3) is 0 Å². The number of carbonyl (C=O) groups excluding carboxylic acids is 4. The Morgan fingerprint density at radius 3 is 0.778 bits per heavy atom. The third-order valence-electron chi connectivity index (χ3n) is 4.70. The molecule has 244 valence electrons. The third-order valence-corrected chi connectivity index (χ3v) is 6.33. The Kier molecular flexibility index (Phi) is 17.2. The van der Waals surface area contributed by atoms with Crippen LogP contribution in [-0.2, 0) is 39.2 Å². The van der Waals surface area contributed by atoms with Crippen LogP contribution in [0.2, 0.25) is 0 Å². The van der Waals surface area contributed by atoms with E-state index in [4.69, 9.17) is 18.9 Å². The molecule has 0 unspecified atom stereocenters. The molecule has 2 aromatic rings. The van der Waals surface area contributed by atoms with E-state index in [1.165, 1.54) is 0 Å². The van der Waals surface area contributed by atoms with Gasteiger partial charge in [0.1, 0.15) is 20.2 Å². The van der Waals surface area contributed by atoms with E-state index in [9.17, 15) is 45.1 Å². The van der Waals surface area contributed by atoms with E-state index in [-0.39, 0.29) is 71.1 Å². The summed E-state index contributed by atoms with van der Waals surface area (Å²) >= 11 is 0. The topological polar surface area (TPSA) is 220 Å². The van der Waals surface area contributed by atoms with Crippen LogP contribution in [0.4, 0.5) is 0 Å². The van der Waals surface area contributed by atoms with E-state index in [0.717, 1.165) is 36.4 Å². The molecule has 0 aromatic heterocycles. The van der Waals surface area contributed by atoms with E-state index in [0.29, 0.717) is 0 Å². The number of ether oxygens (including phenoxy) is 4. The summed E-state index contributed by atoms with van der Waals surface area (Å²) in [6.07, 6.45) is -1.76. The molecular formula is C28H34BaO14S2. The first-order valence-corrected chi connectivity index (χ1v) is 15.9. The van der Waals surface area contributed by atoms with E-state index in [1.807, 2.05) is 0 Å². The van der Waals surface area contributed by atoms with E-state index >= 15 is 0 Å². The molecule has 0 atom stereocenters. The van der Waals surface area contributed by atoms with Gasteiger partial charge in [-0.25, -0.2) is 36.0 Å². The van der Waals surface area contributed by atoms with Gasteiger partial charge in [-0.2, -0.15) is 0 Å². The summed E-state index contributed by atoms with van der Waals surface area (Å²) in [4.78, 5) is 46.1. The van der Waals surface area contributed by atoms with Gasteiger partial charge in [-0.1, -0.05) is 0 Å². The fourth-order valence-corrected chi connectivity index (χ4v) is 4.17. The van der Waals surface area contributed by atoms with Gasteiger partial charge >= 0.3 is 72.8 Å². The van der Waals surface area contributed by atoms with Gasteiger partial charge in [-0.3, -0.25) is 0 Å². The minimum Gasteiger partial charge on any atom is -0.744 e. The first-order valence-electron chi connectivity index (χ1n) is 13.1. The molecule has 0 aliphatic rings. The Hall–Kier alpha value is -2.29. The van der Waals surface area contributed by atoms with Gasteiger partial charge in [0.05, 0.1) is 56.5 Å². The molecule has 0 bridgehead atoms. The second kappa shape index (κ2) is 18.2. The number of rotatable bonds is 10. The van der Waals surface area contributed by atoms with Crippen LogP contribution in [0.5, 0.6) is 0 Å². The van der Waals surface area contributed by atoms with E-state index in [2.05, 4.69) is 0 Å². The standard InChI is InChI=1S/2C14H18O7S.Ba/c2*1-8(2)20-13(15)10-5-11(14(16)21-9(3)4)7-12(6-10)22(17,18)19;/h2*5-9H,1-4H3,(H,17,18,19);/q;;+2/p-2. The predicted octanol–water partition coefficient (Wildman–Crippen LogP) is 3.06. The molecule has 0 saturated heterocycles. The van der Waals surface area contributed by atoms with Gasteiger partial charge < -0.3 is 28.1 Å². The van der Waals surface area contributed by atoms with E-state index in [1.54, 1.807) is 55.4 Å². The van der Waals surface area contributed by atoms with Crippen molar-refractivity contribution in [2.24, 2.45) is 0 Å². The van der Waals surface area contributed by atoms with Crippen LogP contribution in [0.3, 0.4) is 0 Å². The van der Waals surface area contributed by atoms with Crippen molar-refractivity contribution in [2.45, 2.75) is 89.6 Å². The summed E-state index contributed by atoms with van der Waals surface area (Å²) in [5, 5.41) is 0. The van der Waals surface area contributed by atoms with Crippen molar-refractivity contribution in [3.8, 4) is 0 Å². The molecule has 0 aliphatic heterocycles. The first kappa shape index (κ1) is 42.7. The Morgan fingerprint density at radius 1 is 0.467 bits per heavy atom. The number of benzene rings is 2. The second-order valence-electron chi connectivity index (χ2n) is 10.2. The van der Waals surface area contributed by atoms with Crippen LogP contribution >= 0.6 is 0 Å². The predicted molar refractivity (Wildman–Crippen MR) is 157 cm³/mol. The molecule has 14 nitrogen and oxygen atoms in total. The number of esters is 4. The molecule has 0 spiro atoms. The van der Waals surface area contributed by atoms with Crippen molar-refractivity contribution >= 4 is 93.0 Å². The van der Waals surface area contributed by atoms with Crippen LogP contribution < -0.4 is 0 Å². The molecule has 17 heteroatoms. The number of carbonyl (C=O) groups is 4. The molecule has 0 N–H and O–H groups in total. The Balaban J connectivity index is 0.000000842. The van der Waals surface area contributed by atoms with Crippen LogP contribution in [0.15, 0.2) is 46.2 Å². The van der Waals surface area contributed by atoms with Crippen LogP contribution in [-0.4, -0.2) is 123 Å². The first-order chi connectivity index (χ1) is 20.0. The summed E-state index contributed by atoms with van der Waals surface area (Å²) in [5.74, 6) is -3.34. The van der Waals surface area contributed by atoms with Gasteiger partial charge in [-0.15, -0.1) is 0 Å². The minimum absolute atomic E-state index is 0. The smallest absolute Gasteiger partial charge is 0.744 e. The van der Waals surface area contributed by atoms with Gasteiger partial charge in [-0.05, 0) is 91.8 Å². The van der Waals surface area contributed by atoms with Crippen molar-refractivity contribution in [3.63, 3.8) is 0 Å². The maximum absolute atomic E-state index is 11.9. The summed E-state index contributed by atoms with van der Waals surface area (Å²) < 4.78 is 86.7. The van der Waals surface area contributed by atoms with Crippen molar-refractivity contribution in [1.82, 2.24) is 0 Å². The Labute approximate surface area is 302 Å². The molecule has 0 radical (unpaired) electrons. The third kappa shape index (κ3) is 15.2. The van der Waals surface area contributed by atoms with Crippen molar-refractivity contribution < 1.29 is 64.1 Å². The Morgan fingerprint density at radius 2 is 0.644 bits per heavy atom. The van der Waals surface area contributed by atoms with E-state index < -0.39 is 78.3 Å². The average Bonchev–Trinajstić information content (AvgIpc) is 2.86. The summed E-state index contributed by atoms with van der Waals surface area (Å²) in [6.45, 7) is 12.9. The molecule has 0 fully saturated rings. The molecule has 0 saturated carbocycles. The summed E-state index contributed by atoms with van der Waals surface area (Å²) in [7, 11) is -9.67. The quantitative estimate of drug-likeness (QED) is 0.146. The molecular weight excluding hydrogens is 762 g/mol. The molecule has 0 amide bonds. The van der Waals surface area contributed by atoms with Crippen LogP contribution in [0.1, 0.15) is 96.8 Å².